The maximum absolute atomic E-state index is 12.8. The predicted molar refractivity (Wildman–Crippen MR) is 106 cm³/mol. The van der Waals surface area contributed by atoms with Gasteiger partial charge in [-0.25, -0.2) is 4.98 Å². The molecule has 1 aliphatic heterocycles. The number of hydrogen-bond acceptors (Lipinski definition) is 4. The third kappa shape index (κ3) is 3.15. The summed E-state index contributed by atoms with van der Waals surface area (Å²) >= 11 is 0. The summed E-state index contributed by atoms with van der Waals surface area (Å²) in [6.45, 7) is 2.37. The molecule has 2 amide bonds. The molecule has 0 spiro atoms. The van der Waals surface area contributed by atoms with Gasteiger partial charge in [-0.05, 0) is 42.3 Å². The zero-order chi connectivity index (χ0) is 19.8. The van der Waals surface area contributed by atoms with Gasteiger partial charge in [-0.3, -0.25) is 14.4 Å². The van der Waals surface area contributed by atoms with Crippen LogP contribution in [0.4, 0.5) is 5.69 Å². The summed E-state index contributed by atoms with van der Waals surface area (Å²) in [4.78, 5) is 47.1. The minimum atomic E-state index is -0.219. The van der Waals surface area contributed by atoms with E-state index in [4.69, 9.17) is 0 Å². The van der Waals surface area contributed by atoms with Gasteiger partial charge < -0.3 is 14.8 Å². The first-order chi connectivity index (χ1) is 13.4. The zero-order valence-electron chi connectivity index (χ0n) is 15.7. The van der Waals surface area contributed by atoms with Crippen LogP contribution >= 0.6 is 0 Å². The van der Waals surface area contributed by atoms with Crippen molar-refractivity contribution in [2.24, 2.45) is 0 Å². The van der Waals surface area contributed by atoms with E-state index in [1.165, 1.54) is 4.90 Å². The van der Waals surface area contributed by atoms with Crippen molar-refractivity contribution in [3.63, 3.8) is 0 Å². The fourth-order valence-corrected chi connectivity index (χ4v) is 3.59. The summed E-state index contributed by atoms with van der Waals surface area (Å²) in [5.41, 5.74) is 2.79. The molecule has 2 heterocycles. The van der Waals surface area contributed by atoms with Crippen LogP contribution in [0.2, 0.25) is 0 Å². The Labute approximate surface area is 161 Å². The van der Waals surface area contributed by atoms with Crippen molar-refractivity contribution in [1.82, 2.24) is 14.9 Å². The second-order valence-corrected chi connectivity index (χ2v) is 6.96. The summed E-state index contributed by atoms with van der Waals surface area (Å²) in [6.07, 6.45) is 0.735. The van der Waals surface area contributed by atoms with Crippen LogP contribution in [-0.4, -0.2) is 40.3 Å². The summed E-state index contributed by atoms with van der Waals surface area (Å²) in [6, 6.07) is 12.5. The molecule has 28 heavy (non-hydrogen) atoms. The molecule has 142 valence electrons. The molecule has 0 bridgehead atoms. The zero-order valence-corrected chi connectivity index (χ0v) is 15.7. The van der Waals surface area contributed by atoms with Crippen LogP contribution in [0.15, 0.2) is 47.3 Å². The van der Waals surface area contributed by atoms with Gasteiger partial charge >= 0.3 is 0 Å². The summed E-state index contributed by atoms with van der Waals surface area (Å²) in [5.74, 6) is 0.268. The highest BCUT2D eigenvalue weighted by Crippen LogP contribution is 2.29. The lowest BCUT2D eigenvalue weighted by Crippen LogP contribution is -2.28. The number of rotatable bonds is 3. The Morgan fingerprint density at radius 3 is 2.79 bits per heavy atom. The summed E-state index contributed by atoms with van der Waals surface area (Å²) in [7, 11) is 1.67. The first-order valence-electron chi connectivity index (χ1n) is 9.08. The normalized spacial score (nSPS) is 12.9. The van der Waals surface area contributed by atoms with Crippen molar-refractivity contribution < 1.29 is 9.59 Å². The number of hydrogen-bond donors (Lipinski definition) is 1. The highest BCUT2D eigenvalue weighted by molar-refractivity contribution is 5.97. The average molecular weight is 376 g/mol. The van der Waals surface area contributed by atoms with Crippen LogP contribution in [0.1, 0.15) is 28.7 Å². The van der Waals surface area contributed by atoms with Crippen LogP contribution in [0.5, 0.6) is 0 Å². The van der Waals surface area contributed by atoms with E-state index in [0.29, 0.717) is 28.8 Å². The lowest BCUT2D eigenvalue weighted by atomic mass is 10.1. The first-order valence-corrected chi connectivity index (χ1v) is 9.08. The van der Waals surface area contributed by atoms with Gasteiger partial charge in [0.25, 0.3) is 11.5 Å². The van der Waals surface area contributed by atoms with Gasteiger partial charge in [-0.1, -0.05) is 12.1 Å². The van der Waals surface area contributed by atoms with Gasteiger partial charge in [0.1, 0.15) is 5.82 Å². The molecule has 0 fully saturated rings. The molecule has 3 aromatic rings. The number of para-hydroxylation sites is 1. The van der Waals surface area contributed by atoms with E-state index in [1.807, 2.05) is 18.2 Å². The fourth-order valence-electron chi connectivity index (χ4n) is 3.59. The monoisotopic (exact) mass is 376 g/mol. The summed E-state index contributed by atoms with van der Waals surface area (Å²) in [5, 5.41) is 0.522. The van der Waals surface area contributed by atoms with E-state index >= 15 is 0 Å². The van der Waals surface area contributed by atoms with Crippen molar-refractivity contribution in [3.05, 3.63) is 69.8 Å². The van der Waals surface area contributed by atoms with E-state index in [1.54, 1.807) is 43.1 Å². The Kier molecular flexibility index (Phi) is 4.43. The minimum absolute atomic E-state index is 0.00118. The standard InChI is InChI=1S/C21H20N4O3/c1-13(26)25-10-9-14-11-15(7-8-18(14)25)21(28)24(2)12-19-22-17-6-4-3-5-16(17)20(27)23-19/h3-8,11H,9-10,12H2,1-2H3,(H,22,23,27). The van der Waals surface area contributed by atoms with E-state index in [-0.39, 0.29) is 23.9 Å². The molecular weight excluding hydrogens is 356 g/mol. The number of nitrogens with zero attached hydrogens (tertiary/aromatic N) is 3. The molecule has 0 radical (unpaired) electrons. The number of benzene rings is 2. The third-order valence-corrected chi connectivity index (χ3v) is 5.00. The molecule has 4 rings (SSSR count). The van der Waals surface area contributed by atoms with E-state index < -0.39 is 0 Å². The number of H-pyrrole nitrogens is 1. The van der Waals surface area contributed by atoms with Gasteiger partial charge in [0, 0.05) is 31.8 Å². The molecule has 0 saturated carbocycles. The number of carbonyl (C=O) groups is 2. The number of fused-ring (bicyclic) bond motifs is 2. The van der Waals surface area contributed by atoms with Gasteiger partial charge in [-0.2, -0.15) is 0 Å². The Hall–Kier alpha value is -3.48. The molecule has 0 aliphatic carbocycles. The number of aromatic nitrogens is 2. The van der Waals surface area contributed by atoms with Crippen LogP contribution in [-0.2, 0) is 17.8 Å². The van der Waals surface area contributed by atoms with Gasteiger partial charge in [0.05, 0.1) is 17.4 Å². The van der Waals surface area contributed by atoms with E-state index in [2.05, 4.69) is 9.97 Å². The third-order valence-electron chi connectivity index (χ3n) is 5.00. The largest absolute Gasteiger partial charge is 0.334 e. The van der Waals surface area contributed by atoms with Crippen molar-refractivity contribution >= 4 is 28.4 Å². The highest BCUT2D eigenvalue weighted by atomic mass is 16.2. The van der Waals surface area contributed by atoms with Crippen molar-refractivity contribution in [2.45, 2.75) is 19.9 Å². The average Bonchev–Trinajstić information content (AvgIpc) is 3.11. The maximum atomic E-state index is 12.8. The van der Waals surface area contributed by atoms with E-state index in [0.717, 1.165) is 17.7 Å². The lowest BCUT2D eigenvalue weighted by Gasteiger charge is -2.18. The summed E-state index contributed by atoms with van der Waals surface area (Å²) < 4.78 is 0. The molecule has 7 heteroatoms. The number of nitrogens with one attached hydrogen (secondary N) is 1. The Balaban J connectivity index is 1.56. The maximum Gasteiger partial charge on any atom is 0.258 e. The number of carbonyl (C=O) groups excluding carboxylic acids is 2. The second-order valence-electron chi connectivity index (χ2n) is 6.96. The van der Waals surface area contributed by atoms with Crippen LogP contribution in [0.3, 0.4) is 0 Å². The topological polar surface area (TPSA) is 86.4 Å². The minimum Gasteiger partial charge on any atom is -0.334 e. The van der Waals surface area contributed by atoms with Crippen molar-refractivity contribution in [2.75, 3.05) is 18.5 Å². The van der Waals surface area contributed by atoms with Gasteiger partial charge in [0.2, 0.25) is 5.91 Å². The highest BCUT2D eigenvalue weighted by Gasteiger charge is 2.24. The number of amides is 2. The van der Waals surface area contributed by atoms with E-state index in [9.17, 15) is 14.4 Å². The molecule has 0 atom stereocenters. The Morgan fingerprint density at radius 2 is 2.00 bits per heavy atom. The smallest absolute Gasteiger partial charge is 0.258 e. The second kappa shape index (κ2) is 6.92. The van der Waals surface area contributed by atoms with Crippen molar-refractivity contribution in [3.8, 4) is 0 Å². The Bertz CT molecular complexity index is 1150. The van der Waals surface area contributed by atoms with Crippen LogP contribution in [0.25, 0.3) is 10.9 Å². The van der Waals surface area contributed by atoms with Gasteiger partial charge in [0.15, 0.2) is 0 Å². The predicted octanol–water partition coefficient (Wildman–Crippen LogP) is 2.10. The molecule has 0 unspecified atom stereocenters. The molecule has 0 saturated heterocycles. The Morgan fingerprint density at radius 1 is 1.21 bits per heavy atom. The molecule has 2 aromatic carbocycles. The number of anilines is 1. The van der Waals surface area contributed by atoms with Crippen molar-refractivity contribution in [1.29, 1.82) is 0 Å². The molecule has 7 nitrogen and oxygen atoms in total. The van der Waals surface area contributed by atoms with Crippen LogP contribution in [0, 0.1) is 0 Å². The molecular formula is C21H20N4O3. The lowest BCUT2D eigenvalue weighted by molar-refractivity contribution is -0.116. The van der Waals surface area contributed by atoms with Gasteiger partial charge in [-0.15, -0.1) is 0 Å². The number of aromatic amines is 1. The SMILES string of the molecule is CC(=O)N1CCc2cc(C(=O)N(C)Cc3nc4ccccc4c(=O)[nH]3)ccc21. The quantitative estimate of drug-likeness (QED) is 0.758. The fraction of sp³-hybridized carbons (Fsp3) is 0.238. The molecule has 1 aromatic heterocycles. The molecule has 1 N–H and O–H groups in total. The first kappa shape index (κ1) is 17.9. The van der Waals surface area contributed by atoms with Crippen LogP contribution < -0.4 is 10.5 Å². The molecule has 1 aliphatic rings.